The van der Waals surface area contributed by atoms with Crippen molar-refractivity contribution in [2.45, 2.75) is 12.8 Å². The van der Waals surface area contributed by atoms with Crippen LogP contribution >= 0.6 is 11.6 Å². The van der Waals surface area contributed by atoms with Gasteiger partial charge in [0.1, 0.15) is 5.82 Å². The number of aryl methyl sites for hydroxylation is 1. The van der Waals surface area contributed by atoms with Gasteiger partial charge in [0.25, 0.3) is 0 Å². The summed E-state index contributed by atoms with van der Waals surface area (Å²) in [4.78, 5) is 4.18. The van der Waals surface area contributed by atoms with Gasteiger partial charge >= 0.3 is 0 Å². The van der Waals surface area contributed by atoms with Crippen molar-refractivity contribution >= 4 is 17.4 Å². The molecule has 1 aliphatic rings. The van der Waals surface area contributed by atoms with Crippen molar-refractivity contribution in [3.05, 3.63) is 22.8 Å². The van der Waals surface area contributed by atoms with E-state index in [1.807, 2.05) is 6.07 Å². The molecule has 0 aliphatic carbocycles. The van der Waals surface area contributed by atoms with Crippen molar-refractivity contribution in [2.24, 2.45) is 0 Å². The topological polar surface area (TPSA) is 24.9 Å². The Hall–Kier alpha value is -0.760. The van der Waals surface area contributed by atoms with Crippen molar-refractivity contribution in [1.82, 2.24) is 4.98 Å². The molecule has 0 radical (unpaired) electrons. The van der Waals surface area contributed by atoms with E-state index in [-0.39, 0.29) is 0 Å². The fourth-order valence-electron chi connectivity index (χ4n) is 1.32. The molecule has 0 spiro atoms. The molecule has 0 bridgehead atoms. The number of rotatable bonds is 0. The van der Waals surface area contributed by atoms with Gasteiger partial charge in [-0.15, -0.1) is 0 Å². The molecule has 1 aromatic rings. The zero-order valence-electron chi connectivity index (χ0n) is 6.10. The number of hydrogen-bond acceptors (Lipinski definition) is 2. The fourth-order valence-corrected chi connectivity index (χ4v) is 1.50. The minimum absolute atomic E-state index is 0.729. The Morgan fingerprint density at radius 3 is 3.36 bits per heavy atom. The lowest BCUT2D eigenvalue weighted by molar-refractivity contribution is 0.818. The molecule has 2 rings (SSSR count). The second-order valence-electron chi connectivity index (χ2n) is 2.69. The Balaban J connectivity index is 2.43. The lowest BCUT2D eigenvalue weighted by Gasteiger charge is -2.15. The average Bonchev–Trinajstić information content (AvgIpc) is 2.04. The van der Waals surface area contributed by atoms with Gasteiger partial charge in [-0.3, -0.25) is 0 Å². The number of pyridine rings is 1. The van der Waals surface area contributed by atoms with Crippen LogP contribution in [0.4, 0.5) is 5.82 Å². The molecule has 0 fully saturated rings. The van der Waals surface area contributed by atoms with Crippen LogP contribution in [-0.4, -0.2) is 11.5 Å². The number of hydrogen-bond donors (Lipinski definition) is 1. The van der Waals surface area contributed by atoms with E-state index in [1.165, 1.54) is 12.0 Å². The zero-order chi connectivity index (χ0) is 7.68. The summed E-state index contributed by atoms with van der Waals surface area (Å²) in [5.41, 5.74) is 1.24. The first-order valence-electron chi connectivity index (χ1n) is 3.74. The second-order valence-corrected chi connectivity index (χ2v) is 3.13. The highest BCUT2D eigenvalue weighted by atomic mass is 35.5. The van der Waals surface area contributed by atoms with E-state index in [9.17, 15) is 0 Å². The maximum atomic E-state index is 5.79. The van der Waals surface area contributed by atoms with Crippen LogP contribution in [0.1, 0.15) is 12.0 Å². The summed E-state index contributed by atoms with van der Waals surface area (Å²) >= 11 is 5.79. The predicted octanol–water partition coefficient (Wildman–Crippen LogP) is 2.09. The first kappa shape index (κ1) is 6.92. The summed E-state index contributed by atoms with van der Waals surface area (Å²) in [5, 5.41) is 3.95. The first-order chi connectivity index (χ1) is 5.36. The number of nitrogens with zero attached hydrogens (tertiary/aromatic N) is 1. The molecule has 0 saturated heterocycles. The smallest absolute Gasteiger partial charge is 0.129 e. The fraction of sp³-hybridized carbons (Fsp3) is 0.375. The van der Waals surface area contributed by atoms with Crippen LogP contribution in [0, 0.1) is 0 Å². The average molecular weight is 169 g/mol. The summed E-state index contributed by atoms with van der Waals surface area (Å²) in [7, 11) is 0. The minimum atomic E-state index is 0.729. The van der Waals surface area contributed by atoms with Gasteiger partial charge in [-0.05, 0) is 24.5 Å². The third-order valence-electron chi connectivity index (χ3n) is 1.85. The maximum absolute atomic E-state index is 5.79. The highest BCUT2D eigenvalue weighted by Crippen LogP contribution is 2.21. The molecular weight excluding hydrogens is 160 g/mol. The molecule has 0 aromatic carbocycles. The SMILES string of the molecule is Clc1cnc2c(c1)CCCN2. The highest BCUT2D eigenvalue weighted by molar-refractivity contribution is 6.30. The van der Waals surface area contributed by atoms with Crippen LogP contribution in [0.15, 0.2) is 12.3 Å². The van der Waals surface area contributed by atoms with E-state index in [0.29, 0.717) is 0 Å². The number of anilines is 1. The lowest BCUT2D eigenvalue weighted by Crippen LogP contribution is -2.12. The van der Waals surface area contributed by atoms with E-state index < -0.39 is 0 Å². The number of halogens is 1. The molecule has 0 saturated carbocycles. The van der Waals surface area contributed by atoms with Gasteiger partial charge in [-0.1, -0.05) is 11.6 Å². The molecule has 1 aromatic heterocycles. The molecular formula is C8H9ClN2. The predicted molar refractivity (Wildman–Crippen MR) is 46.1 cm³/mol. The van der Waals surface area contributed by atoms with Crippen LogP contribution in [-0.2, 0) is 6.42 Å². The molecule has 2 nitrogen and oxygen atoms in total. The van der Waals surface area contributed by atoms with Crippen molar-refractivity contribution < 1.29 is 0 Å². The quantitative estimate of drug-likeness (QED) is 0.642. The molecule has 1 aliphatic heterocycles. The van der Waals surface area contributed by atoms with Crippen molar-refractivity contribution in [2.75, 3.05) is 11.9 Å². The van der Waals surface area contributed by atoms with Gasteiger partial charge in [-0.25, -0.2) is 4.98 Å². The van der Waals surface area contributed by atoms with E-state index in [4.69, 9.17) is 11.6 Å². The molecule has 58 valence electrons. The Kier molecular flexibility index (Phi) is 1.70. The maximum Gasteiger partial charge on any atom is 0.129 e. The van der Waals surface area contributed by atoms with Crippen LogP contribution < -0.4 is 5.32 Å². The Morgan fingerprint density at radius 1 is 1.55 bits per heavy atom. The summed E-state index contributed by atoms with van der Waals surface area (Å²) in [6, 6.07) is 1.98. The number of fused-ring (bicyclic) bond motifs is 1. The Morgan fingerprint density at radius 2 is 2.45 bits per heavy atom. The third kappa shape index (κ3) is 1.31. The van der Waals surface area contributed by atoms with Crippen LogP contribution in [0.2, 0.25) is 5.02 Å². The molecule has 0 amide bonds. The summed E-state index contributed by atoms with van der Waals surface area (Å²) in [5.74, 6) is 1.00. The van der Waals surface area contributed by atoms with Crippen molar-refractivity contribution in [3.63, 3.8) is 0 Å². The summed E-state index contributed by atoms with van der Waals surface area (Å²) in [6.07, 6.45) is 3.95. The van der Waals surface area contributed by atoms with Gasteiger partial charge in [-0.2, -0.15) is 0 Å². The molecule has 1 N–H and O–H groups in total. The molecule has 0 unspecified atom stereocenters. The van der Waals surface area contributed by atoms with Crippen molar-refractivity contribution in [1.29, 1.82) is 0 Å². The number of nitrogens with one attached hydrogen (secondary N) is 1. The van der Waals surface area contributed by atoms with Gasteiger partial charge in [0.2, 0.25) is 0 Å². The summed E-state index contributed by atoms with van der Waals surface area (Å²) < 4.78 is 0. The monoisotopic (exact) mass is 168 g/mol. The largest absolute Gasteiger partial charge is 0.370 e. The van der Waals surface area contributed by atoms with Gasteiger partial charge in [0.15, 0.2) is 0 Å². The molecule has 11 heavy (non-hydrogen) atoms. The Labute approximate surface area is 70.6 Å². The van der Waals surface area contributed by atoms with Crippen LogP contribution in [0.3, 0.4) is 0 Å². The standard InChI is InChI=1S/C8H9ClN2/c9-7-4-6-2-1-3-10-8(6)11-5-7/h4-5H,1-3H2,(H,10,11). The van der Waals surface area contributed by atoms with Gasteiger partial charge in [0.05, 0.1) is 5.02 Å². The number of aromatic nitrogens is 1. The molecule has 3 heteroatoms. The van der Waals surface area contributed by atoms with Crippen LogP contribution in [0.25, 0.3) is 0 Å². The lowest BCUT2D eigenvalue weighted by atomic mass is 10.1. The van der Waals surface area contributed by atoms with E-state index >= 15 is 0 Å². The zero-order valence-corrected chi connectivity index (χ0v) is 6.86. The molecule has 0 atom stereocenters. The minimum Gasteiger partial charge on any atom is -0.370 e. The van der Waals surface area contributed by atoms with Gasteiger partial charge < -0.3 is 5.32 Å². The third-order valence-corrected chi connectivity index (χ3v) is 2.06. The Bertz CT molecular complexity index is 273. The first-order valence-corrected chi connectivity index (χ1v) is 4.12. The van der Waals surface area contributed by atoms with Gasteiger partial charge in [0, 0.05) is 12.7 Å². The normalized spacial score (nSPS) is 15.4. The summed E-state index contributed by atoms with van der Waals surface area (Å²) in [6.45, 7) is 1.03. The highest BCUT2D eigenvalue weighted by Gasteiger charge is 2.08. The second kappa shape index (κ2) is 2.70. The van der Waals surface area contributed by atoms with Crippen LogP contribution in [0.5, 0.6) is 0 Å². The van der Waals surface area contributed by atoms with E-state index in [1.54, 1.807) is 6.20 Å². The van der Waals surface area contributed by atoms with Crippen molar-refractivity contribution in [3.8, 4) is 0 Å². The van der Waals surface area contributed by atoms with E-state index in [2.05, 4.69) is 10.3 Å². The molecule has 2 heterocycles. The van der Waals surface area contributed by atoms with E-state index in [0.717, 1.165) is 23.8 Å².